The number of amides is 1. The van der Waals surface area contributed by atoms with E-state index in [9.17, 15) is 10.1 Å². The van der Waals surface area contributed by atoms with Gasteiger partial charge < -0.3 is 9.64 Å². The molecule has 0 N–H and O–H groups in total. The standard InChI is InChI=1S/C28H24ClN3O2S/c1-19-3-2-4-23(13-19)31-17-32-27(33)14-25(26(15-30)28(32)35-18-31)21-7-11-24(12-8-21)34-16-20-5-9-22(29)10-6-20/h2-13,25H,14,16-18H2,1H3. The third-order valence-corrected chi connectivity index (χ3v) is 7.67. The number of carbonyl (C=O) groups is 1. The van der Waals surface area contributed by atoms with Crippen molar-refractivity contribution in [2.24, 2.45) is 0 Å². The van der Waals surface area contributed by atoms with Gasteiger partial charge in [-0.2, -0.15) is 5.26 Å². The van der Waals surface area contributed by atoms with Crippen molar-refractivity contribution in [1.29, 1.82) is 5.26 Å². The number of aryl methyl sites for hydroxylation is 1. The zero-order chi connectivity index (χ0) is 24.4. The van der Waals surface area contributed by atoms with Crippen LogP contribution in [-0.4, -0.2) is 23.4 Å². The minimum absolute atomic E-state index is 0.0388. The van der Waals surface area contributed by atoms with E-state index in [1.165, 1.54) is 5.56 Å². The molecule has 2 aliphatic heterocycles. The summed E-state index contributed by atoms with van der Waals surface area (Å²) in [4.78, 5) is 17.1. The predicted octanol–water partition coefficient (Wildman–Crippen LogP) is 6.45. The van der Waals surface area contributed by atoms with Crippen molar-refractivity contribution in [3.63, 3.8) is 0 Å². The normalized spacial score (nSPS) is 17.7. The second-order valence-electron chi connectivity index (χ2n) is 8.69. The van der Waals surface area contributed by atoms with Crippen molar-refractivity contribution >= 4 is 35.0 Å². The van der Waals surface area contributed by atoms with Crippen molar-refractivity contribution in [1.82, 2.24) is 4.90 Å². The van der Waals surface area contributed by atoms with Gasteiger partial charge in [-0.1, -0.05) is 59.8 Å². The zero-order valence-electron chi connectivity index (χ0n) is 19.3. The van der Waals surface area contributed by atoms with Crippen molar-refractivity contribution in [2.45, 2.75) is 25.9 Å². The van der Waals surface area contributed by atoms with E-state index in [2.05, 4.69) is 36.1 Å². The molecule has 0 aliphatic carbocycles. The van der Waals surface area contributed by atoms with Crippen molar-refractivity contribution < 1.29 is 9.53 Å². The van der Waals surface area contributed by atoms with E-state index < -0.39 is 0 Å². The van der Waals surface area contributed by atoms with Crippen LogP contribution in [0.4, 0.5) is 5.69 Å². The first kappa shape index (κ1) is 23.3. The third-order valence-electron chi connectivity index (χ3n) is 6.26. The van der Waals surface area contributed by atoms with Gasteiger partial charge in [-0.15, -0.1) is 0 Å². The largest absolute Gasteiger partial charge is 0.489 e. The molecule has 3 aromatic rings. The summed E-state index contributed by atoms with van der Waals surface area (Å²) in [5, 5.41) is 11.5. The van der Waals surface area contributed by atoms with E-state index in [4.69, 9.17) is 16.3 Å². The van der Waals surface area contributed by atoms with Gasteiger partial charge in [0.2, 0.25) is 5.91 Å². The fourth-order valence-corrected chi connectivity index (χ4v) is 5.67. The summed E-state index contributed by atoms with van der Waals surface area (Å²) in [5.74, 6) is 1.22. The number of benzene rings is 3. The van der Waals surface area contributed by atoms with Gasteiger partial charge in [0.15, 0.2) is 0 Å². The number of nitriles is 1. The molecule has 176 valence electrons. The lowest BCUT2D eigenvalue weighted by Crippen LogP contribution is -2.47. The molecule has 1 saturated heterocycles. The summed E-state index contributed by atoms with van der Waals surface area (Å²) in [5.41, 5.74) is 4.90. The van der Waals surface area contributed by atoms with Crippen LogP contribution in [0.15, 0.2) is 83.4 Å². The molecule has 7 heteroatoms. The summed E-state index contributed by atoms with van der Waals surface area (Å²) in [6.07, 6.45) is 0.277. The summed E-state index contributed by atoms with van der Waals surface area (Å²) >= 11 is 7.49. The first-order valence-electron chi connectivity index (χ1n) is 11.4. The molecule has 1 unspecified atom stereocenters. The van der Waals surface area contributed by atoms with Crippen LogP contribution in [0.3, 0.4) is 0 Å². The van der Waals surface area contributed by atoms with Gasteiger partial charge in [0, 0.05) is 23.0 Å². The monoisotopic (exact) mass is 501 g/mol. The lowest BCUT2D eigenvalue weighted by Gasteiger charge is -2.42. The van der Waals surface area contributed by atoms with Gasteiger partial charge >= 0.3 is 0 Å². The smallest absolute Gasteiger partial charge is 0.229 e. The fourth-order valence-electron chi connectivity index (χ4n) is 4.38. The van der Waals surface area contributed by atoms with E-state index >= 15 is 0 Å². The van der Waals surface area contributed by atoms with Gasteiger partial charge in [-0.05, 0) is 60.0 Å². The van der Waals surface area contributed by atoms with Crippen LogP contribution in [-0.2, 0) is 11.4 Å². The summed E-state index contributed by atoms with van der Waals surface area (Å²) < 4.78 is 5.89. The van der Waals surface area contributed by atoms with Crippen LogP contribution in [0.2, 0.25) is 5.02 Å². The highest BCUT2D eigenvalue weighted by molar-refractivity contribution is 8.03. The molecular formula is C28H24ClN3O2S. The quantitative estimate of drug-likeness (QED) is 0.402. The Hall–Kier alpha value is -3.40. The number of thioether (sulfide) groups is 1. The van der Waals surface area contributed by atoms with Crippen molar-refractivity contribution in [3.8, 4) is 11.8 Å². The van der Waals surface area contributed by atoms with E-state index in [1.54, 1.807) is 16.7 Å². The highest BCUT2D eigenvalue weighted by Crippen LogP contribution is 2.43. The van der Waals surface area contributed by atoms with Crippen LogP contribution < -0.4 is 9.64 Å². The van der Waals surface area contributed by atoms with Crippen LogP contribution >= 0.6 is 23.4 Å². The maximum absolute atomic E-state index is 13.2. The molecule has 1 fully saturated rings. The van der Waals surface area contributed by atoms with Gasteiger partial charge in [0.25, 0.3) is 0 Å². The number of hydrogen-bond donors (Lipinski definition) is 0. The summed E-state index contributed by atoms with van der Waals surface area (Å²) in [6.45, 7) is 2.96. The van der Waals surface area contributed by atoms with E-state index in [0.29, 0.717) is 29.7 Å². The molecule has 5 rings (SSSR count). The SMILES string of the molecule is Cc1cccc(N2CSC3=C(C#N)C(c4ccc(OCc5ccc(Cl)cc5)cc4)CC(=O)N3C2)c1. The molecule has 0 aromatic heterocycles. The molecule has 1 amide bonds. The van der Waals surface area contributed by atoms with Crippen LogP contribution in [0.1, 0.15) is 29.0 Å². The maximum atomic E-state index is 13.2. The van der Waals surface area contributed by atoms with Crippen molar-refractivity contribution in [3.05, 3.63) is 105 Å². The second kappa shape index (κ2) is 10.1. The average Bonchev–Trinajstić information content (AvgIpc) is 2.88. The first-order valence-corrected chi connectivity index (χ1v) is 12.7. The lowest BCUT2D eigenvalue weighted by atomic mass is 9.86. The van der Waals surface area contributed by atoms with E-state index in [0.717, 1.165) is 27.6 Å². The number of fused-ring (bicyclic) bond motifs is 1. The molecule has 3 aromatic carbocycles. The minimum Gasteiger partial charge on any atom is -0.489 e. The number of allylic oxidation sites excluding steroid dienone is 1. The van der Waals surface area contributed by atoms with E-state index in [-0.39, 0.29) is 18.2 Å². The zero-order valence-corrected chi connectivity index (χ0v) is 20.9. The fraction of sp³-hybridized carbons (Fsp3) is 0.214. The maximum Gasteiger partial charge on any atom is 0.229 e. The predicted molar refractivity (Wildman–Crippen MR) is 140 cm³/mol. The van der Waals surface area contributed by atoms with Gasteiger partial charge in [-0.3, -0.25) is 9.69 Å². The molecule has 1 atom stereocenters. The molecule has 2 aliphatic rings. The Morgan fingerprint density at radius 1 is 1.11 bits per heavy atom. The number of ether oxygens (including phenoxy) is 1. The minimum atomic E-state index is -0.248. The number of anilines is 1. The lowest BCUT2D eigenvalue weighted by molar-refractivity contribution is -0.129. The topological polar surface area (TPSA) is 56.6 Å². The third kappa shape index (κ3) is 5.02. The number of nitrogens with zero attached hydrogens (tertiary/aromatic N) is 3. The molecule has 0 spiro atoms. The molecular weight excluding hydrogens is 478 g/mol. The van der Waals surface area contributed by atoms with Crippen LogP contribution in [0.5, 0.6) is 5.75 Å². The molecule has 35 heavy (non-hydrogen) atoms. The highest BCUT2D eigenvalue weighted by atomic mass is 35.5. The highest BCUT2D eigenvalue weighted by Gasteiger charge is 2.38. The Labute approximate surface area is 214 Å². The van der Waals surface area contributed by atoms with Gasteiger partial charge in [-0.25, -0.2) is 0 Å². The Balaban J connectivity index is 1.32. The second-order valence-corrected chi connectivity index (χ2v) is 10.1. The summed E-state index contributed by atoms with van der Waals surface area (Å²) in [7, 11) is 0. The molecule has 2 heterocycles. The number of carbonyl (C=O) groups excluding carboxylic acids is 1. The molecule has 5 nitrogen and oxygen atoms in total. The summed E-state index contributed by atoms with van der Waals surface area (Å²) in [6, 6.07) is 25.9. The van der Waals surface area contributed by atoms with Crippen LogP contribution in [0.25, 0.3) is 0 Å². The Bertz CT molecular complexity index is 1320. The van der Waals surface area contributed by atoms with Crippen LogP contribution in [0, 0.1) is 18.3 Å². The molecule has 0 bridgehead atoms. The molecule has 0 saturated carbocycles. The van der Waals surface area contributed by atoms with Crippen molar-refractivity contribution in [2.75, 3.05) is 17.4 Å². The molecule has 0 radical (unpaired) electrons. The Kier molecular flexibility index (Phi) is 6.72. The van der Waals surface area contributed by atoms with E-state index in [1.807, 2.05) is 54.6 Å². The number of halogens is 1. The number of rotatable bonds is 5. The number of hydrogen-bond acceptors (Lipinski definition) is 5. The Morgan fingerprint density at radius 2 is 1.89 bits per heavy atom. The first-order chi connectivity index (χ1) is 17.0. The average molecular weight is 502 g/mol. The Morgan fingerprint density at radius 3 is 2.60 bits per heavy atom. The van der Waals surface area contributed by atoms with Gasteiger partial charge in [0.1, 0.15) is 12.4 Å². The van der Waals surface area contributed by atoms with Gasteiger partial charge in [0.05, 0.1) is 29.2 Å².